The average molecular weight is 536 g/mol. The SMILES string of the molecule is CCN(CC)C(=O)C12CC3CC(C1)C(NC(=O)C1(N(C)S(=O)(=O)c4ccccc4Cl)CCC1)C(C3)C2. The highest BCUT2D eigenvalue weighted by Crippen LogP contribution is 2.60. The van der Waals surface area contributed by atoms with E-state index in [4.69, 9.17) is 11.6 Å². The maximum absolute atomic E-state index is 13.8. The maximum Gasteiger partial charge on any atom is 0.245 e. The molecule has 36 heavy (non-hydrogen) atoms. The number of carbonyl (C=O) groups is 2. The quantitative estimate of drug-likeness (QED) is 0.544. The van der Waals surface area contributed by atoms with Crippen molar-refractivity contribution in [2.24, 2.45) is 23.2 Å². The Hall–Kier alpha value is -1.64. The number of hydrogen-bond donors (Lipinski definition) is 1. The van der Waals surface area contributed by atoms with Gasteiger partial charge in [0.15, 0.2) is 0 Å². The summed E-state index contributed by atoms with van der Waals surface area (Å²) in [6.07, 6.45) is 6.48. The van der Waals surface area contributed by atoms with Gasteiger partial charge in [-0.25, -0.2) is 8.42 Å². The number of amides is 2. The van der Waals surface area contributed by atoms with Crippen LogP contribution in [-0.2, 0) is 19.6 Å². The van der Waals surface area contributed by atoms with Crippen LogP contribution in [0.25, 0.3) is 0 Å². The van der Waals surface area contributed by atoms with Gasteiger partial charge in [-0.2, -0.15) is 4.31 Å². The maximum atomic E-state index is 13.8. The predicted octanol–water partition coefficient (Wildman–Crippen LogP) is 4.06. The predicted molar refractivity (Wildman–Crippen MR) is 139 cm³/mol. The molecule has 0 aliphatic heterocycles. The van der Waals surface area contributed by atoms with Crippen LogP contribution in [0, 0.1) is 23.2 Å². The zero-order valence-corrected chi connectivity index (χ0v) is 23.1. The Morgan fingerprint density at radius 1 is 1.06 bits per heavy atom. The molecular weight excluding hydrogens is 498 g/mol. The highest BCUT2D eigenvalue weighted by molar-refractivity contribution is 7.89. The van der Waals surface area contributed by atoms with Gasteiger partial charge in [0.2, 0.25) is 21.8 Å². The van der Waals surface area contributed by atoms with Gasteiger partial charge in [0.1, 0.15) is 10.4 Å². The molecule has 198 valence electrons. The van der Waals surface area contributed by atoms with E-state index >= 15 is 0 Å². The zero-order chi connectivity index (χ0) is 25.9. The molecule has 6 rings (SSSR count). The summed E-state index contributed by atoms with van der Waals surface area (Å²) in [5.41, 5.74) is -1.39. The largest absolute Gasteiger partial charge is 0.351 e. The highest BCUT2D eigenvalue weighted by atomic mass is 35.5. The second-order valence-corrected chi connectivity index (χ2v) is 13.9. The van der Waals surface area contributed by atoms with Crippen molar-refractivity contribution in [3.63, 3.8) is 0 Å². The number of hydrogen-bond acceptors (Lipinski definition) is 4. The van der Waals surface area contributed by atoms with Gasteiger partial charge in [-0.1, -0.05) is 23.7 Å². The van der Waals surface area contributed by atoms with Crippen molar-refractivity contribution in [1.82, 2.24) is 14.5 Å². The molecular formula is C27H38ClN3O4S. The topological polar surface area (TPSA) is 86.8 Å². The number of likely N-dealkylation sites (N-methyl/N-ethyl adjacent to an activating group) is 1. The van der Waals surface area contributed by atoms with Crippen LogP contribution in [-0.4, -0.2) is 61.2 Å². The van der Waals surface area contributed by atoms with E-state index in [9.17, 15) is 18.0 Å². The molecule has 1 N–H and O–H groups in total. The smallest absolute Gasteiger partial charge is 0.245 e. The molecule has 5 aliphatic carbocycles. The second-order valence-electron chi connectivity index (χ2n) is 11.5. The Labute approximate surface area is 220 Å². The van der Waals surface area contributed by atoms with Crippen molar-refractivity contribution in [1.29, 1.82) is 0 Å². The van der Waals surface area contributed by atoms with Gasteiger partial charge in [-0.05, 0) is 95.1 Å². The molecule has 0 spiro atoms. The van der Waals surface area contributed by atoms with Gasteiger partial charge in [-0.3, -0.25) is 9.59 Å². The number of halogens is 1. The lowest BCUT2D eigenvalue weighted by molar-refractivity contribution is -0.161. The molecule has 9 heteroatoms. The summed E-state index contributed by atoms with van der Waals surface area (Å²) >= 11 is 6.23. The average Bonchev–Trinajstić information content (AvgIpc) is 2.81. The monoisotopic (exact) mass is 535 g/mol. The Balaban J connectivity index is 1.36. The summed E-state index contributed by atoms with van der Waals surface area (Å²) in [5.74, 6) is 1.16. The first-order valence-corrected chi connectivity index (χ1v) is 15.2. The van der Waals surface area contributed by atoms with Crippen LogP contribution in [0.3, 0.4) is 0 Å². The molecule has 4 bridgehead atoms. The lowest BCUT2D eigenvalue weighted by Crippen LogP contribution is -2.68. The third-order valence-electron chi connectivity index (χ3n) is 9.76. The zero-order valence-electron chi connectivity index (χ0n) is 21.5. The number of carbonyl (C=O) groups excluding carboxylic acids is 2. The van der Waals surface area contributed by atoms with Crippen LogP contribution < -0.4 is 5.32 Å². The first-order chi connectivity index (χ1) is 17.1. The highest BCUT2D eigenvalue weighted by Gasteiger charge is 2.60. The van der Waals surface area contributed by atoms with E-state index in [2.05, 4.69) is 5.32 Å². The fraction of sp³-hybridized carbons (Fsp3) is 0.704. The lowest BCUT2D eigenvalue weighted by atomic mass is 9.47. The summed E-state index contributed by atoms with van der Waals surface area (Å²) in [4.78, 5) is 29.4. The number of benzene rings is 1. The number of rotatable bonds is 8. The van der Waals surface area contributed by atoms with E-state index in [1.165, 1.54) is 17.4 Å². The molecule has 1 aromatic carbocycles. The third-order valence-corrected chi connectivity index (χ3v) is 12.2. The molecule has 0 aromatic heterocycles. The van der Waals surface area contributed by atoms with Gasteiger partial charge >= 0.3 is 0 Å². The molecule has 0 saturated heterocycles. The number of nitrogens with one attached hydrogen (secondary N) is 1. The summed E-state index contributed by atoms with van der Waals surface area (Å²) in [5, 5.41) is 3.49. The molecule has 7 nitrogen and oxygen atoms in total. The number of nitrogens with zero attached hydrogens (tertiary/aromatic N) is 2. The fourth-order valence-electron chi connectivity index (χ4n) is 7.88. The molecule has 5 aliphatic rings. The van der Waals surface area contributed by atoms with Gasteiger partial charge in [0.25, 0.3) is 0 Å². The van der Waals surface area contributed by atoms with E-state index in [1.54, 1.807) is 18.2 Å². The standard InChI is InChI=1S/C27H38ClN3O4S/c1-4-31(5-2)25(33)26-15-18-13-19(16-26)23(20(14-18)17-26)29-24(32)27(11-8-12-27)30(3)36(34,35)22-10-7-6-9-21(22)28/h6-7,9-10,18-20,23H,4-5,8,11-17H2,1-3H3,(H,29,32). The Bertz CT molecular complexity index is 1130. The van der Waals surface area contributed by atoms with Crippen LogP contribution in [0.4, 0.5) is 0 Å². The fourth-order valence-corrected chi connectivity index (χ4v) is 9.90. The van der Waals surface area contributed by atoms with E-state index in [0.717, 1.165) is 51.6 Å². The van der Waals surface area contributed by atoms with E-state index in [0.29, 0.717) is 18.8 Å². The lowest BCUT2D eigenvalue weighted by Gasteiger charge is -2.60. The first kappa shape index (κ1) is 26.0. The van der Waals surface area contributed by atoms with Crippen LogP contribution in [0.15, 0.2) is 29.2 Å². The van der Waals surface area contributed by atoms with Crippen molar-refractivity contribution in [2.75, 3.05) is 20.1 Å². The van der Waals surface area contributed by atoms with Gasteiger partial charge in [-0.15, -0.1) is 0 Å². The van der Waals surface area contributed by atoms with Gasteiger partial charge < -0.3 is 10.2 Å². The Kier molecular flexibility index (Phi) is 6.70. The minimum Gasteiger partial charge on any atom is -0.351 e. The molecule has 0 radical (unpaired) electrons. The van der Waals surface area contributed by atoms with E-state index in [1.807, 2.05) is 18.7 Å². The van der Waals surface area contributed by atoms with Crippen molar-refractivity contribution >= 4 is 33.4 Å². The van der Waals surface area contributed by atoms with Crippen LogP contribution in [0.5, 0.6) is 0 Å². The molecule has 0 heterocycles. The summed E-state index contributed by atoms with van der Waals surface area (Å²) in [7, 11) is -2.43. The van der Waals surface area contributed by atoms with Crippen molar-refractivity contribution in [3.05, 3.63) is 29.3 Å². The van der Waals surface area contributed by atoms with E-state index < -0.39 is 15.6 Å². The second kappa shape index (κ2) is 9.28. The minimum atomic E-state index is -3.94. The molecule has 2 unspecified atom stereocenters. The van der Waals surface area contributed by atoms with Crippen molar-refractivity contribution in [3.8, 4) is 0 Å². The summed E-state index contributed by atoms with van der Waals surface area (Å²) < 4.78 is 28.2. The van der Waals surface area contributed by atoms with Crippen LogP contribution >= 0.6 is 11.6 Å². The summed E-state index contributed by atoms with van der Waals surface area (Å²) in [6, 6.07) is 6.38. The van der Waals surface area contributed by atoms with Gasteiger partial charge in [0, 0.05) is 26.2 Å². The molecule has 2 atom stereocenters. The molecule has 5 saturated carbocycles. The van der Waals surface area contributed by atoms with Crippen molar-refractivity contribution < 1.29 is 18.0 Å². The minimum absolute atomic E-state index is 0.000528. The number of sulfonamides is 1. The van der Waals surface area contributed by atoms with E-state index in [-0.39, 0.29) is 45.0 Å². The molecule has 1 aromatic rings. The molecule has 2 amide bonds. The van der Waals surface area contributed by atoms with Gasteiger partial charge in [0.05, 0.1) is 10.4 Å². The summed E-state index contributed by atoms with van der Waals surface area (Å²) in [6.45, 7) is 5.53. The third kappa shape index (κ3) is 3.90. The first-order valence-electron chi connectivity index (χ1n) is 13.4. The van der Waals surface area contributed by atoms with Crippen LogP contribution in [0.1, 0.15) is 65.2 Å². The Morgan fingerprint density at radius 3 is 2.19 bits per heavy atom. The van der Waals surface area contributed by atoms with Crippen LogP contribution in [0.2, 0.25) is 5.02 Å². The Morgan fingerprint density at radius 2 is 1.67 bits per heavy atom. The molecule has 5 fully saturated rings. The normalized spacial score (nSPS) is 32.2. The van der Waals surface area contributed by atoms with Crippen molar-refractivity contribution in [2.45, 2.75) is 81.7 Å².